The van der Waals surface area contributed by atoms with Crippen molar-refractivity contribution in [2.45, 2.75) is 13.8 Å². The van der Waals surface area contributed by atoms with Gasteiger partial charge >= 0.3 is 0 Å². The van der Waals surface area contributed by atoms with E-state index in [-0.39, 0.29) is 0 Å². The van der Waals surface area contributed by atoms with Crippen LogP contribution in [0.15, 0.2) is 116 Å². The number of benzene rings is 4. The third kappa shape index (κ3) is 3.92. The molecule has 7 rings (SSSR count). The van der Waals surface area contributed by atoms with E-state index in [1.54, 1.807) is 0 Å². The van der Waals surface area contributed by atoms with Gasteiger partial charge in [-0.25, -0.2) is 9.97 Å². The van der Waals surface area contributed by atoms with Crippen molar-refractivity contribution in [3.63, 3.8) is 0 Å². The Morgan fingerprint density at radius 1 is 0.690 bits per heavy atom. The van der Waals surface area contributed by atoms with E-state index in [2.05, 4.69) is 120 Å². The van der Waals surface area contributed by atoms with Gasteiger partial charge in [-0.1, -0.05) is 92.0 Å². The van der Waals surface area contributed by atoms with Crippen molar-refractivity contribution in [1.82, 2.24) is 18.9 Å². The standard InChI is InChI=1S/C38H30N4/c1-5-13-35-25(4)39-37(41(35)29-14-9-8-10-15-29)27-20-18-26(19-21-27)28-22-23-31-30(6-2)34(7-3)42-36-17-12-11-16-33(36)40-38(42)32(31)24-28/h5-24H,2-3H2,1,4H3/b13-5-. The summed E-state index contributed by atoms with van der Waals surface area (Å²) in [6.45, 7) is 12.4. The fourth-order valence-electron chi connectivity index (χ4n) is 6.01. The van der Waals surface area contributed by atoms with Crippen LogP contribution in [-0.2, 0) is 0 Å². The maximum atomic E-state index is 5.04. The van der Waals surface area contributed by atoms with Crippen LogP contribution in [0.5, 0.6) is 0 Å². The molecule has 0 fully saturated rings. The van der Waals surface area contributed by atoms with Crippen molar-refractivity contribution < 1.29 is 0 Å². The quantitative estimate of drug-likeness (QED) is 0.210. The average molecular weight is 543 g/mol. The van der Waals surface area contributed by atoms with Gasteiger partial charge in [0.2, 0.25) is 0 Å². The molecule has 0 spiro atoms. The van der Waals surface area contributed by atoms with E-state index >= 15 is 0 Å². The molecule has 0 aliphatic heterocycles. The number of hydrogen-bond acceptors (Lipinski definition) is 2. The predicted octanol–water partition coefficient (Wildman–Crippen LogP) is 9.79. The van der Waals surface area contributed by atoms with Gasteiger partial charge in [-0.15, -0.1) is 0 Å². The Bertz CT molecular complexity index is 2180. The molecule has 0 N–H and O–H groups in total. The number of allylic oxidation sites excluding steroid dienone is 1. The van der Waals surface area contributed by atoms with E-state index in [1.807, 2.05) is 37.3 Å². The smallest absolute Gasteiger partial charge is 0.146 e. The van der Waals surface area contributed by atoms with Crippen LogP contribution in [-0.4, -0.2) is 18.9 Å². The Balaban J connectivity index is 1.38. The number of para-hydroxylation sites is 3. The van der Waals surface area contributed by atoms with Crippen molar-refractivity contribution in [3.05, 3.63) is 139 Å². The van der Waals surface area contributed by atoms with Gasteiger partial charge in [0, 0.05) is 22.2 Å². The van der Waals surface area contributed by atoms with Crippen LogP contribution in [0.4, 0.5) is 0 Å². The lowest BCUT2D eigenvalue weighted by atomic mass is 9.97. The molecule has 0 radical (unpaired) electrons. The summed E-state index contributed by atoms with van der Waals surface area (Å²) in [5, 5.41) is 2.19. The number of imidazole rings is 2. The van der Waals surface area contributed by atoms with Gasteiger partial charge in [-0.2, -0.15) is 0 Å². The fraction of sp³-hybridized carbons (Fsp3) is 0.0526. The van der Waals surface area contributed by atoms with Crippen LogP contribution >= 0.6 is 0 Å². The van der Waals surface area contributed by atoms with Crippen molar-refractivity contribution in [2.75, 3.05) is 0 Å². The largest absolute Gasteiger partial charge is 0.293 e. The van der Waals surface area contributed by atoms with Crippen LogP contribution in [0.3, 0.4) is 0 Å². The number of hydrogen-bond donors (Lipinski definition) is 0. The molecule has 0 saturated heterocycles. The zero-order valence-electron chi connectivity index (χ0n) is 23.8. The topological polar surface area (TPSA) is 35.1 Å². The van der Waals surface area contributed by atoms with Crippen LogP contribution in [0.25, 0.3) is 73.9 Å². The highest BCUT2D eigenvalue weighted by molar-refractivity contribution is 6.05. The number of rotatable bonds is 6. The summed E-state index contributed by atoms with van der Waals surface area (Å²) in [7, 11) is 0. The highest BCUT2D eigenvalue weighted by atomic mass is 15.1. The normalized spacial score (nSPS) is 11.7. The molecule has 0 amide bonds. The second-order valence-electron chi connectivity index (χ2n) is 10.4. The molecule has 3 aromatic heterocycles. The Kier molecular flexibility index (Phi) is 6.17. The van der Waals surface area contributed by atoms with Gasteiger partial charge < -0.3 is 0 Å². The first-order chi connectivity index (χ1) is 20.6. The van der Waals surface area contributed by atoms with Crippen LogP contribution in [0.1, 0.15) is 29.6 Å². The number of pyridine rings is 1. The van der Waals surface area contributed by atoms with Gasteiger partial charge in [0.1, 0.15) is 11.5 Å². The summed E-state index contributed by atoms with van der Waals surface area (Å²) in [4.78, 5) is 10.0. The van der Waals surface area contributed by atoms with Gasteiger partial charge in [-0.05, 0) is 72.8 Å². The molecule has 4 aromatic carbocycles. The second-order valence-corrected chi connectivity index (χ2v) is 10.4. The molecular weight excluding hydrogens is 512 g/mol. The van der Waals surface area contributed by atoms with Gasteiger partial charge in [0.05, 0.1) is 28.1 Å². The number of fused-ring (bicyclic) bond motifs is 5. The first-order valence-corrected chi connectivity index (χ1v) is 14.1. The van der Waals surface area contributed by atoms with E-state index in [4.69, 9.17) is 9.97 Å². The van der Waals surface area contributed by atoms with E-state index in [1.165, 1.54) is 0 Å². The lowest BCUT2D eigenvalue weighted by Gasteiger charge is -2.14. The van der Waals surface area contributed by atoms with Crippen LogP contribution in [0.2, 0.25) is 0 Å². The minimum Gasteiger partial charge on any atom is -0.293 e. The Morgan fingerprint density at radius 3 is 2.14 bits per heavy atom. The summed E-state index contributed by atoms with van der Waals surface area (Å²) < 4.78 is 4.43. The zero-order chi connectivity index (χ0) is 28.8. The number of aryl methyl sites for hydroxylation is 1. The summed E-state index contributed by atoms with van der Waals surface area (Å²) in [6.07, 6.45) is 8.00. The minimum absolute atomic E-state index is 0.919. The van der Waals surface area contributed by atoms with Crippen LogP contribution < -0.4 is 0 Å². The molecule has 0 atom stereocenters. The summed E-state index contributed by atoms with van der Waals surface area (Å²) in [6, 6.07) is 33.9. The monoisotopic (exact) mass is 542 g/mol. The van der Waals surface area contributed by atoms with Gasteiger partial charge in [-0.3, -0.25) is 8.97 Å². The van der Waals surface area contributed by atoms with Crippen molar-refractivity contribution in [3.8, 4) is 28.2 Å². The minimum atomic E-state index is 0.919. The Morgan fingerprint density at radius 2 is 1.40 bits per heavy atom. The number of aromatic nitrogens is 4. The average Bonchev–Trinajstić information content (AvgIpc) is 3.59. The second kappa shape index (κ2) is 10.2. The van der Waals surface area contributed by atoms with Crippen molar-refractivity contribution in [1.29, 1.82) is 0 Å². The first-order valence-electron chi connectivity index (χ1n) is 14.1. The number of nitrogens with zero attached hydrogens (tertiary/aromatic N) is 4. The Labute approximate surface area is 245 Å². The Hall–Kier alpha value is -5.48. The fourth-order valence-corrected chi connectivity index (χ4v) is 6.01. The molecule has 0 aliphatic rings. The molecule has 0 bridgehead atoms. The molecule has 4 nitrogen and oxygen atoms in total. The maximum Gasteiger partial charge on any atom is 0.146 e. The van der Waals surface area contributed by atoms with Crippen LogP contribution in [0, 0.1) is 6.92 Å². The molecular formula is C38H30N4. The van der Waals surface area contributed by atoms with Gasteiger partial charge in [0.25, 0.3) is 0 Å². The molecule has 7 aromatic rings. The third-order valence-electron chi connectivity index (χ3n) is 7.94. The molecule has 0 aliphatic carbocycles. The van der Waals surface area contributed by atoms with E-state index < -0.39 is 0 Å². The van der Waals surface area contributed by atoms with Gasteiger partial charge in [0.15, 0.2) is 0 Å². The van der Waals surface area contributed by atoms with Crippen molar-refractivity contribution >= 4 is 45.7 Å². The molecule has 0 unspecified atom stereocenters. The predicted molar refractivity (Wildman–Crippen MR) is 178 cm³/mol. The molecule has 3 heterocycles. The molecule has 42 heavy (non-hydrogen) atoms. The highest BCUT2D eigenvalue weighted by Gasteiger charge is 2.18. The summed E-state index contributed by atoms with van der Waals surface area (Å²) in [5.74, 6) is 0.926. The third-order valence-corrected chi connectivity index (χ3v) is 7.94. The lowest BCUT2D eigenvalue weighted by molar-refractivity contribution is 1.05. The molecule has 0 saturated carbocycles. The van der Waals surface area contributed by atoms with Crippen molar-refractivity contribution in [2.24, 2.45) is 0 Å². The summed E-state index contributed by atoms with van der Waals surface area (Å²) in [5.41, 5.74) is 11.5. The molecule has 4 heteroatoms. The lowest BCUT2D eigenvalue weighted by Crippen LogP contribution is -2.00. The molecule has 202 valence electrons. The van der Waals surface area contributed by atoms with E-state index in [9.17, 15) is 0 Å². The zero-order valence-corrected chi connectivity index (χ0v) is 23.8. The first kappa shape index (κ1) is 25.5. The van der Waals surface area contributed by atoms with E-state index in [0.717, 1.165) is 78.3 Å². The summed E-state index contributed by atoms with van der Waals surface area (Å²) >= 11 is 0. The highest BCUT2D eigenvalue weighted by Crippen LogP contribution is 2.35. The van der Waals surface area contributed by atoms with E-state index in [0.29, 0.717) is 0 Å². The maximum absolute atomic E-state index is 5.04. The SMILES string of the molecule is C=Cc1c(C=C)n2c3ccccc3nc2c2cc(-c3ccc(-c4nc(C)c(/C=C\C)n4-c4ccccc4)cc3)ccc12.